The van der Waals surface area contributed by atoms with Gasteiger partial charge in [0.1, 0.15) is 0 Å². The molecule has 2 aromatic carbocycles. The predicted molar refractivity (Wildman–Crippen MR) is 128 cm³/mol. The van der Waals surface area contributed by atoms with Crippen molar-refractivity contribution < 1.29 is 22.8 Å². The number of amides is 2. The Morgan fingerprint density at radius 2 is 1.80 bits per heavy atom. The molecule has 0 unspecified atom stereocenters. The summed E-state index contributed by atoms with van der Waals surface area (Å²) in [5, 5.41) is 14.7. The van der Waals surface area contributed by atoms with E-state index in [0.29, 0.717) is 21.6 Å². The van der Waals surface area contributed by atoms with Crippen LogP contribution < -0.4 is 10.6 Å². The molecule has 1 heterocycles. The highest BCUT2D eigenvalue weighted by Crippen LogP contribution is 2.31. The smallest absolute Gasteiger partial charge is 0.342 e. The SMILES string of the molecule is CC(C)[C@H](NC(=O)c1ccc(Cl)cc1)c1nnc(SCC(=O)Nc2cccc(C(F)(F)F)c2)n1C. The first kappa shape index (κ1) is 26.6. The Morgan fingerprint density at radius 3 is 2.43 bits per heavy atom. The maximum atomic E-state index is 12.9. The molecule has 1 atom stereocenters. The van der Waals surface area contributed by atoms with Gasteiger partial charge in [-0.25, -0.2) is 0 Å². The summed E-state index contributed by atoms with van der Waals surface area (Å²) in [6.45, 7) is 3.85. The van der Waals surface area contributed by atoms with Crippen molar-refractivity contribution in [3.8, 4) is 0 Å². The number of aromatic nitrogens is 3. The highest BCUT2D eigenvalue weighted by Gasteiger charge is 2.30. The van der Waals surface area contributed by atoms with Gasteiger partial charge in [-0.2, -0.15) is 13.2 Å². The van der Waals surface area contributed by atoms with Gasteiger partial charge in [0, 0.05) is 23.3 Å². The Hall–Kier alpha value is -3.05. The minimum absolute atomic E-state index is 0.0174. The van der Waals surface area contributed by atoms with Crippen LogP contribution in [0.2, 0.25) is 5.02 Å². The van der Waals surface area contributed by atoms with Crippen LogP contribution in [0.25, 0.3) is 0 Å². The van der Waals surface area contributed by atoms with E-state index in [4.69, 9.17) is 11.6 Å². The number of anilines is 1. The topological polar surface area (TPSA) is 88.9 Å². The number of benzene rings is 2. The number of hydrogen-bond acceptors (Lipinski definition) is 5. The van der Waals surface area contributed by atoms with Gasteiger partial charge in [0.2, 0.25) is 5.91 Å². The Kier molecular flexibility index (Phi) is 8.44. The van der Waals surface area contributed by atoms with E-state index in [1.165, 1.54) is 12.1 Å². The van der Waals surface area contributed by atoms with Crippen LogP contribution in [0.5, 0.6) is 0 Å². The average molecular weight is 526 g/mol. The molecular formula is C23H23ClF3N5O2S. The summed E-state index contributed by atoms with van der Waals surface area (Å²) in [5.41, 5.74) is -0.349. The second-order valence-corrected chi connectivity index (χ2v) is 9.40. The Bertz CT molecular complexity index is 1200. The molecule has 35 heavy (non-hydrogen) atoms. The maximum Gasteiger partial charge on any atom is 0.416 e. The van der Waals surface area contributed by atoms with E-state index in [0.717, 1.165) is 23.9 Å². The van der Waals surface area contributed by atoms with Gasteiger partial charge in [-0.05, 0) is 48.4 Å². The molecule has 0 saturated heterocycles. The van der Waals surface area contributed by atoms with E-state index in [2.05, 4.69) is 20.8 Å². The third-order valence-electron chi connectivity index (χ3n) is 5.01. The van der Waals surface area contributed by atoms with Crippen LogP contribution in [0.3, 0.4) is 0 Å². The van der Waals surface area contributed by atoms with Gasteiger partial charge in [0.25, 0.3) is 5.91 Å². The van der Waals surface area contributed by atoms with Crippen molar-refractivity contribution in [2.24, 2.45) is 13.0 Å². The van der Waals surface area contributed by atoms with Gasteiger partial charge in [0.15, 0.2) is 11.0 Å². The zero-order valence-corrected chi connectivity index (χ0v) is 20.6. The molecule has 0 saturated carbocycles. The molecule has 0 aliphatic carbocycles. The van der Waals surface area contributed by atoms with Crippen LogP contribution in [0.4, 0.5) is 18.9 Å². The number of carbonyl (C=O) groups excluding carboxylic acids is 2. The van der Waals surface area contributed by atoms with Gasteiger partial charge in [0.05, 0.1) is 17.4 Å². The molecule has 3 rings (SSSR count). The normalized spacial score (nSPS) is 12.5. The first-order chi connectivity index (χ1) is 16.5. The number of rotatable bonds is 8. The first-order valence-corrected chi connectivity index (χ1v) is 11.9. The van der Waals surface area contributed by atoms with Crippen molar-refractivity contribution in [2.45, 2.75) is 31.2 Å². The number of hydrogen-bond donors (Lipinski definition) is 2. The maximum absolute atomic E-state index is 12.9. The van der Waals surface area contributed by atoms with Crippen LogP contribution in [-0.2, 0) is 18.0 Å². The standard InChI is InChI=1S/C23H23ClF3N5O2S/c1-13(2)19(29-21(34)14-7-9-16(24)10-8-14)20-30-31-22(32(20)3)35-12-18(33)28-17-6-4-5-15(11-17)23(25,26)27/h4-11,13,19H,12H2,1-3H3,(H,28,33)(H,29,34)/t19-/m0/s1. The van der Waals surface area contributed by atoms with Crippen molar-refractivity contribution in [3.63, 3.8) is 0 Å². The van der Waals surface area contributed by atoms with Gasteiger partial charge < -0.3 is 15.2 Å². The minimum Gasteiger partial charge on any atom is -0.342 e. The molecule has 0 aliphatic rings. The van der Waals surface area contributed by atoms with Crippen LogP contribution in [0, 0.1) is 5.92 Å². The van der Waals surface area contributed by atoms with Crippen LogP contribution in [0.1, 0.15) is 41.6 Å². The highest BCUT2D eigenvalue weighted by atomic mass is 35.5. The number of nitrogens with one attached hydrogen (secondary N) is 2. The molecule has 0 radical (unpaired) electrons. The second-order valence-electron chi connectivity index (χ2n) is 8.02. The van der Waals surface area contributed by atoms with Gasteiger partial charge in [-0.1, -0.05) is 43.3 Å². The lowest BCUT2D eigenvalue weighted by Crippen LogP contribution is -2.33. The molecule has 186 valence electrons. The number of alkyl halides is 3. The lowest BCUT2D eigenvalue weighted by molar-refractivity contribution is -0.137. The third-order valence-corrected chi connectivity index (χ3v) is 6.28. The lowest BCUT2D eigenvalue weighted by Gasteiger charge is -2.21. The number of halogens is 4. The largest absolute Gasteiger partial charge is 0.416 e. The van der Waals surface area contributed by atoms with E-state index in [1.54, 1.807) is 35.9 Å². The molecule has 0 spiro atoms. The minimum atomic E-state index is -4.50. The van der Waals surface area contributed by atoms with Gasteiger partial charge in [-0.3, -0.25) is 9.59 Å². The predicted octanol–water partition coefficient (Wildman–Crippen LogP) is 5.35. The van der Waals surface area contributed by atoms with E-state index in [9.17, 15) is 22.8 Å². The molecular weight excluding hydrogens is 503 g/mol. The van der Waals surface area contributed by atoms with Crippen molar-refractivity contribution in [1.29, 1.82) is 0 Å². The number of carbonyl (C=O) groups is 2. The number of nitrogens with zero attached hydrogens (tertiary/aromatic N) is 3. The van der Waals surface area contributed by atoms with Crippen LogP contribution >= 0.6 is 23.4 Å². The molecule has 1 aromatic heterocycles. The fourth-order valence-corrected chi connectivity index (χ4v) is 4.02. The summed E-state index contributed by atoms with van der Waals surface area (Å²) in [6, 6.07) is 10.5. The zero-order chi connectivity index (χ0) is 25.8. The quantitative estimate of drug-likeness (QED) is 0.387. The van der Waals surface area contributed by atoms with Gasteiger partial charge in [-0.15, -0.1) is 10.2 Å². The summed E-state index contributed by atoms with van der Waals surface area (Å²) in [6.07, 6.45) is -4.50. The second kappa shape index (κ2) is 11.1. The molecule has 12 heteroatoms. The first-order valence-electron chi connectivity index (χ1n) is 10.5. The zero-order valence-electron chi connectivity index (χ0n) is 19.1. The highest BCUT2D eigenvalue weighted by molar-refractivity contribution is 7.99. The lowest BCUT2D eigenvalue weighted by atomic mass is 10.0. The summed E-state index contributed by atoms with van der Waals surface area (Å²) in [5.74, 6) is -0.390. The summed E-state index contributed by atoms with van der Waals surface area (Å²) < 4.78 is 40.3. The molecule has 2 N–H and O–H groups in total. The number of thioether (sulfide) groups is 1. The van der Waals surface area contributed by atoms with Gasteiger partial charge >= 0.3 is 6.18 Å². The molecule has 7 nitrogen and oxygen atoms in total. The van der Waals surface area contributed by atoms with Crippen molar-refractivity contribution >= 4 is 40.9 Å². The fourth-order valence-electron chi connectivity index (χ4n) is 3.18. The van der Waals surface area contributed by atoms with Crippen LogP contribution in [0.15, 0.2) is 53.7 Å². The van der Waals surface area contributed by atoms with E-state index >= 15 is 0 Å². The van der Waals surface area contributed by atoms with Crippen molar-refractivity contribution in [2.75, 3.05) is 11.1 Å². The van der Waals surface area contributed by atoms with Crippen molar-refractivity contribution in [3.05, 3.63) is 70.5 Å². The van der Waals surface area contributed by atoms with Crippen molar-refractivity contribution in [1.82, 2.24) is 20.1 Å². The summed E-state index contributed by atoms with van der Waals surface area (Å²) >= 11 is 6.96. The molecule has 0 aliphatic heterocycles. The van der Waals surface area contributed by atoms with Crippen LogP contribution in [-0.4, -0.2) is 32.3 Å². The third kappa shape index (κ3) is 6.98. The molecule has 0 fully saturated rings. The summed E-state index contributed by atoms with van der Waals surface area (Å²) in [4.78, 5) is 25.0. The Morgan fingerprint density at radius 1 is 1.11 bits per heavy atom. The monoisotopic (exact) mass is 525 g/mol. The Balaban J connectivity index is 1.65. The van der Waals surface area contributed by atoms with E-state index in [-0.39, 0.29) is 23.3 Å². The Labute approximate surface area is 209 Å². The molecule has 3 aromatic rings. The molecule has 0 bridgehead atoms. The van der Waals surface area contributed by atoms with E-state index in [1.807, 2.05) is 13.8 Å². The summed E-state index contributed by atoms with van der Waals surface area (Å²) in [7, 11) is 1.71. The fraction of sp³-hybridized carbons (Fsp3) is 0.304. The van der Waals surface area contributed by atoms with E-state index < -0.39 is 23.7 Å². The average Bonchev–Trinajstić information content (AvgIpc) is 3.15. The molecule has 2 amide bonds.